The van der Waals surface area contributed by atoms with Gasteiger partial charge in [0.05, 0.1) is 0 Å². The lowest BCUT2D eigenvalue weighted by molar-refractivity contribution is 0.381. The predicted molar refractivity (Wildman–Crippen MR) is 97.4 cm³/mol. The van der Waals surface area contributed by atoms with Crippen LogP contribution >= 0.6 is 0 Å². The third-order valence-corrected chi connectivity index (χ3v) is 4.79. The number of piperidine rings is 1. The Kier molecular flexibility index (Phi) is 6.13. The van der Waals surface area contributed by atoms with Crippen LogP contribution in [-0.4, -0.2) is 43.0 Å². The highest BCUT2D eigenvalue weighted by molar-refractivity contribution is 7.70. The van der Waals surface area contributed by atoms with Crippen LogP contribution in [0.5, 0.6) is 0 Å². The van der Waals surface area contributed by atoms with Gasteiger partial charge in [0.15, 0.2) is 0 Å². The molecule has 1 aliphatic heterocycles. The number of hydrogen-bond donors (Lipinski definition) is 3. The maximum atomic E-state index is 10.5. The number of thiol groups is 1. The summed E-state index contributed by atoms with van der Waals surface area (Å²) >= 11 is 0. The fourth-order valence-corrected chi connectivity index (χ4v) is 3.27. The number of pyridine rings is 1. The predicted octanol–water partition coefficient (Wildman–Crippen LogP) is 1.34. The lowest BCUT2D eigenvalue weighted by atomic mass is 9.94. The fraction of sp³-hybridized carbons (Fsp3) is 0.438. The van der Waals surface area contributed by atoms with Crippen molar-refractivity contribution < 1.29 is 8.42 Å². The van der Waals surface area contributed by atoms with E-state index < -0.39 is 10.9 Å². The van der Waals surface area contributed by atoms with Gasteiger partial charge in [-0.15, -0.1) is 0 Å². The largest absolute Gasteiger partial charge is 0.356 e. The molecule has 0 spiro atoms. The van der Waals surface area contributed by atoms with E-state index in [1.165, 1.54) is 0 Å². The molecule has 1 fully saturated rings. The van der Waals surface area contributed by atoms with Gasteiger partial charge >= 0.3 is 0 Å². The molecular formula is C16H22N6O2S. The molecule has 0 radical (unpaired) electrons. The Bertz CT molecular complexity index is 739. The molecule has 1 saturated heterocycles. The Morgan fingerprint density at radius 2 is 1.88 bits per heavy atom. The van der Waals surface area contributed by atoms with Gasteiger partial charge in [-0.2, -0.15) is 4.98 Å². The Morgan fingerprint density at radius 3 is 2.60 bits per heavy atom. The quantitative estimate of drug-likeness (QED) is 0.639. The minimum absolute atomic E-state index is 0.525. The summed E-state index contributed by atoms with van der Waals surface area (Å²) in [5.74, 6) is 2.02. The Morgan fingerprint density at radius 1 is 1.12 bits per heavy atom. The van der Waals surface area contributed by atoms with Crippen LogP contribution in [0, 0.1) is 5.92 Å². The van der Waals surface area contributed by atoms with Gasteiger partial charge in [0, 0.05) is 43.9 Å². The van der Waals surface area contributed by atoms with Crippen LogP contribution in [0.15, 0.2) is 36.8 Å². The highest BCUT2D eigenvalue weighted by Crippen LogP contribution is 2.24. The maximum absolute atomic E-state index is 10.5. The average Bonchev–Trinajstić information content (AvgIpc) is 2.63. The standard InChI is InChI=1S/C16H22N6O2S/c23-25(24)19-10-1-13-5-11-22(12-6-13)15-4-9-18-16(21-15)20-14-2-7-17-8-3-14/h2-4,7-9,13,25H,1,5-6,10-12H2,(H,19,23,24)(H,17,18,20,21). The number of nitrogens with one attached hydrogen (secondary N) is 2. The lowest BCUT2D eigenvalue weighted by Crippen LogP contribution is -2.35. The van der Waals surface area contributed by atoms with E-state index in [0.717, 1.165) is 43.9 Å². The SMILES string of the molecule is O=[SH](=O)NCCC1CCN(c2ccnc(Nc3ccncc3)n2)CC1. The molecule has 25 heavy (non-hydrogen) atoms. The Balaban J connectivity index is 1.54. The van der Waals surface area contributed by atoms with Gasteiger partial charge in [0.1, 0.15) is 5.82 Å². The van der Waals surface area contributed by atoms with Crippen molar-refractivity contribution in [2.45, 2.75) is 19.3 Å². The number of hydrogen-bond acceptors (Lipinski definition) is 7. The first-order valence-electron chi connectivity index (χ1n) is 8.33. The zero-order valence-corrected chi connectivity index (χ0v) is 14.7. The second-order valence-corrected chi connectivity index (χ2v) is 6.81. The van der Waals surface area contributed by atoms with Gasteiger partial charge < -0.3 is 10.2 Å². The summed E-state index contributed by atoms with van der Waals surface area (Å²) in [7, 11) is -2.49. The van der Waals surface area contributed by atoms with Crippen LogP contribution in [0.3, 0.4) is 0 Å². The van der Waals surface area contributed by atoms with Crippen molar-refractivity contribution in [1.29, 1.82) is 0 Å². The Labute approximate surface area is 148 Å². The molecule has 134 valence electrons. The van der Waals surface area contributed by atoms with E-state index in [4.69, 9.17) is 0 Å². The zero-order chi connectivity index (χ0) is 17.5. The summed E-state index contributed by atoms with van der Waals surface area (Å²) in [6, 6.07) is 5.65. The molecule has 2 aromatic rings. The molecular weight excluding hydrogens is 340 g/mol. The molecule has 0 aliphatic carbocycles. The topological polar surface area (TPSA) is 100 Å². The van der Waals surface area contributed by atoms with Crippen molar-refractivity contribution in [2.24, 2.45) is 5.92 Å². The molecule has 3 rings (SSSR count). The van der Waals surface area contributed by atoms with E-state index in [9.17, 15) is 8.42 Å². The van der Waals surface area contributed by atoms with E-state index in [1.54, 1.807) is 18.6 Å². The van der Waals surface area contributed by atoms with Gasteiger partial charge in [-0.25, -0.2) is 18.1 Å². The van der Waals surface area contributed by atoms with E-state index in [1.807, 2.05) is 18.2 Å². The van der Waals surface area contributed by atoms with E-state index >= 15 is 0 Å². The fourth-order valence-electron chi connectivity index (χ4n) is 2.96. The zero-order valence-electron chi connectivity index (χ0n) is 13.8. The minimum Gasteiger partial charge on any atom is -0.356 e. The monoisotopic (exact) mass is 362 g/mol. The van der Waals surface area contributed by atoms with E-state index in [2.05, 4.69) is 29.9 Å². The molecule has 2 aromatic heterocycles. The van der Waals surface area contributed by atoms with Gasteiger partial charge in [-0.1, -0.05) is 0 Å². The summed E-state index contributed by atoms with van der Waals surface area (Å²) in [5.41, 5.74) is 0.898. The second kappa shape index (κ2) is 8.72. The van der Waals surface area contributed by atoms with Gasteiger partial charge in [0.2, 0.25) is 16.8 Å². The van der Waals surface area contributed by atoms with Crippen LogP contribution in [0.4, 0.5) is 17.5 Å². The van der Waals surface area contributed by atoms with Crippen molar-refractivity contribution in [3.63, 3.8) is 0 Å². The van der Waals surface area contributed by atoms with Crippen molar-refractivity contribution in [2.75, 3.05) is 29.9 Å². The molecule has 0 atom stereocenters. The number of anilines is 3. The van der Waals surface area contributed by atoms with Crippen LogP contribution < -0.4 is 14.9 Å². The van der Waals surface area contributed by atoms with Crippen LogP contribution in [0.25, 0.3) is 0 Å². The van der Waals surface area contributed by atoms with Gasteiger partial charge in [-0.05, 0) is 43.4 Å². The van der Waals surface area contributed by atoms with Crippen molar-refractivity contribution >= 4 is 28.3 Å². The first-order chi connectivity index (χ1) is 12.2. The molecule has 0 bridgehead atoms. The molecule has 1 aliphatic rings. The van der Waals surface area contributed by atoms with Gasteiger partial charge in [0.25, 0.3) is 0 Å². The summed E-state index contributed by atoms with van der Waals surface area (Å²) in [5, 5.41) is 3.18. The van der Waals surface area contributed by atoms with Crippen LogP contribution in [0.1, 0.15) is 19.3 Å². The third kappa shape index (κ3) is 5.36. The maximum Gasteiger partial charge on any atom is 0.229 e. The third-order valence-electron chi connectivity index (χ3n) is 4.31. The summed E-state index contributed by atoms with van der Waals surface area (Å²) in [6.45, 7) is 2.36. The average molecular weight is 362 g/mol. The normalized spacial score (nSPS) is 15.5. The molecule has 0 saturated carbocycles. The summed E-state index contributed by atoms with van der Waals surface area (Å²) < 4.78 is 23.5. The molecule has 8 nitrogen and oxygen atoms in total. The van der Waals surface area contributed by atoms with Crippen LogP contribution in [-0.2, 0) is 10.9 Å². The second-order valence-electron chi connectivity index (χ2n) is 5.98. The van der Waals surface area contributed by atoms with Crippen LogP contribution in [0.2, 0.25) is 0 Å². The summed E-state index contributed by atoms with van der Waals surface area (Å²) in [6.07, 6.45) is 8.15. The van der Waals surface area contributed by atoms with Crippen molar-refractivity contribution in [3.8, 4) is 0 Å². The minimum atomic E-state index is -2.49. The highest BCUT2D eigenvalue weighted by atomic mass is 32.2. The van der Waals surface area contributed by atoms with E-state index in [0.29, 0.717) is 18.4 Å². The first kappa shape index (κ1) is 17.6. The molecule has 2 N–H and O–H groups in total. The molecule has 0 unspecified atom stereocenters. The molecule has 0 amide bonds. The van der Waals surface area contributed by atoms with Gasteiger partial charge in [-0.3, -0.25) is 4.98 Å². The van der Waals surface area contributed by atoms with E-state index in [-0.39, 0.29) is 0 Å². The first-order valence-corrected chi connectivity index (χ1v) is 9.51. The smallest absolute Gasteiger partial charge is 0.229 e. The molecule has 0 aromatic carbocycles. The number of aromatic nitrogens is 3. The van der Waals surface area contributed by atoms with Crippen molar-refractivity contribution in [3.05, 3.63) is 36.8 Å². The summed E-state index contributed by atoms with van der Waals surface area (Å²) in [4.78, 5) is 15.1. The number of rotatable bonds is 7. The lowest BCUT2D eigenvalue weighted by Gasteiger charge is -2.32. The Hall–Kier alpha value is -2.26. The molecule has 3 heterocycles. The van der Waals surface area contributed by atoms with Crippen molar-refractivity contribution in [1.82, 2.24) is 19.7 Å². The number of nitrogens with zero attached hydrogens (tertiary/aromatic N) is 4. The highest BCUT2D eigenvalue weighted by Gasteiger charge is 2.20. The molecule has 9 heteroatoms.